The van der Waals surface area contributed by atoms with Crippen molar-refractivity contribution in [1.29, 1.82) is 5.41 Å². The van der Waals surface area contributed by atoms with Crippen LogP contribution in [0.2, 0.25) is 0 Å². The highest BCUT2D eigenvalue weighted by Crippen LogP contribution is 2.20. The standard InChI is InChI=1S/C11H14BrN5OS/c1-6-4-7(12)2-3-8(6)16-9(18)5-19-11(15)17-10(13)14/h2-4H,5H2,1H3,(H,16,18)(H5,13,14,15,17). The van der Waals surface area contributed by atoms with Gasteiger partial charge in [-0.05, 0) is 30.7 Å². The summed E-state index contributed by atoms with van der Waals surface area (Å²) >= 11 is 4.31. The molecule has 1 amide bonds. The summed E-state index contributed by atoms with van der Waals surface area (Å²) < 4.78 is 0.951. The van der Waals surface area contributed by atoms with E-state index in [1.807, 2.05) is 25.1 Å². The minimum Gasteiger partial charge on any atom is -0.370 e. The summed E-state index contributed by atoms with van der Waals surface area (Å²) in [5, 5.41) is 10.1. The van der Waals surface area contributed by atoms with Crippen LogP contribution in [-0.4, -0.2) is 22.8 Å². The molecule has 0 radical (unpaired) electrons. The molecule has 0 spiro atoms. The molecule has 0 atom stereocenters. The highest BCUT2D eigenvalue weighted by molar-refractivity contribution is 9.10. The highest BCUT2D eigenvalue weighted by atomic mass is 79.9. The van der Waals surface area contributed by atoms with Crippen molar-refractivity contribution in [1.82, 2.24) is 0 Å². The third-order valence-corrected chi connectivity index (χ3v) is 3.30. The quantitative estimate of drug-likeness (QED) is 0.492. The number of anilines is 1. The lowest BCUT2D eigenvalue weighted by molar-refractivity contribution is -0.113. The number of benzene rings is 1. The van der Waals surface area contributed by atoms with Gasteiger partial charge < -0.3 is 16.8 Å². The van der Waals surface area contributed by atoms with Crippen molar-refractivity contribution in [3.05, 3.63) is 28.2 Å². The van der Waals surface area contributed by atoms with Crippen LogP contribution in [-0.2, 0) is 4.79 Å². The first kappa shape index (κ1) is 15.5. The first-order chi connectivity index (χ1) is 8.88. The average molecular weight is 344 g/mol. The Balaban J connectivity index is 2.52. The maximum Gasteiger partial charge on any atom is 0.234 e. The molecule has 0 saturated carbocycles. The van der Waals surface area contributed by atoms with Gasteiger partial charge in [0, 0.05) is 10.2 Å². The van der Waals surface area contributed by atoms with Crippen LogP contribution in [0, 0.1) is 12.3 Å². The number of carbonyl (C=O) groups is 1. The second kappa shape index (κ2) is 7.15. The number of nitrogens with two attached hydrogens (primary N) is 2. The van der Waals surface area contributed by atoms with E-state index < -0.39 is 0 Å². The molecule has 1 aromatic carbocycles. The minimum atomic E-state index is -0.217. The van der Waals surface area contributed by atoms with Crippen LogP contribution in [0.15, 0.2) is 27.7 Å². The fourth-order valence-electron chi connectivity index (χ4n) is 1.24. The van der Waals surface area contributed by atoms with Crippen LogP contribution in [0.4, 0.5) is 5.69 Å². The molecular weight excluding hydrogens is 330 g/mol. The summed E-state index contributed by atoms with van der Waals surface area (Å²) in [7, 11) is 0. The number of aryl methyl sites for hydroxylation is 1. The van der Waals surface area contributed by atoms with Crippen LogP contribution in [0.5, 0.6) is 0 Å². The van der Waals surface area contributed by atoms with Crippen LogP contribution in [0.3, 0.4) is 0 Å². The molecule has 6 nitrogen and oxygen atoms in total. The molecule has 1 aromatic rings. The number of halogens is 1. The maximum absolute atomic E-state index is 11.7. The molecule has 102 valence electrons. The first-order valence-corrected chi connectivity index (χ1v) is 7.03. The monoisotopic (exact) mass is 343 g/mol. The van der Waals surface area contributed by atoms with Crippen molar-refractivity contribution >= 4 is 50.4 Å². The summed E-state index contributed by atoms with van der Waals surface area (Å²) in [6, 6.07) is 5.56. The molecule has 0 aromatic heterocycles. The minimum absolute atomic E-state index is 0.0745. The molecule has 0 aliphatic rings. The summed E-state index contributed by atoms with van der Waals surface area (Å²) in [6.45, 7) is 1.90. The number of rotatable bonds is 3. The van der Waals surface area contributed by atoms with Gasteiger partial charge in [-0.25, -0.2) is 0 Å². The number of thioether (sulfide) groups is 1. The topological polar surface area (TPSA) is 117 Å². The maximum atomic E-state index is 11.7. The number of aliphatic imine (C=N–C) groups is 1. The lowest BCUT2D eigenvalue weighted by Gasteiger charge is -2.08. The van der Waals surface area contributed by atoms with E-state index in [0.717, 1.165) is 27.5 Å². The predicted octanol–water partition coefficient (Wildman–Crippen LogP) is 1.64. The van der Waals surface area contributed by atoms with Crippen LogP contribution >= 0.6 is 27.7 Å². The van der Waals surface area contributed by atoms with Crippen LogP contribution in [0.1, 0.15) is 5.56 Å². The Kier molecular flexibility index (Phi) is 5.84. The normalized spacial score (nSPS) is 9.79. The van der Waals surface area contributed by atoms with Gasteiger partial charge in [0.1, 0.15) is 0 Å². The largest absolute Gasteiger partial charge is 0.370 e. The van der Waals surface area contributed by atoms with Crippen molar-refractivity contribution < 1.29 is 4.79 Å². The van der Waals surface area contributed by atoms with Gasteiger partial charge in [-0.1, -0.05) is 27.7 Å². The molecule has 0 saturated heterocycles. The Bertz CT molecular complexity index is 528. The van der Waals surface area contributed by atoms with E-state index in [1.54, 1.807) is 0 Å². The van der Waals surface area contributed by atoms with Gasteiger partial charge in [0.15, 0.2) is 11.1 Å². The lowest BCUT2D eigenvalue weighted by atomic mass is 10.2. The third-order valence-electron chi connectivity index (χ3n) is 2.03. The number of nitrogens with one attached hydrogen (secondary N) is 2. The molecule has 8 heteroatoms. The van der Waals surface area contributed by atoms with Gasteiger partial charge in [-0.2, -0.15) is 4.99 Å². The van der Waals surface area contributed by atoms with Gasteiger partial charge in [0.2, 0.25) is 5.91 Å². The van der Waals surface area contributed by atoms with Crippen molar-refractivity contribution in [2.24, 2.45) is 16.5 Å². The van der Waals surface area contributed by atoms with E-state index in [9.17, 15) is 4.79 Å². The van der Waals surface area contributed by atoms with E-state index in [2.05, 4.69) is 26.2 Å². The van der Waals surface area contributed by atoms with Crippen LogP contribution < -0.4 is 16.8 Å². The predicted molar refractivity (Wildman–Crippen MR) is 83.5 cm³/mol. The smallest absolute Gasteiger partial charge is 0.234 e. The first-order valence-electron chi connectivity index (χ1n) is 5.25. The number of nitrogens with zero attached hydrogens (tertiary/aromatic N) is 1. The zero-order valence-corrected chi connectivity index (χ0v) is 12.6. The lowest BCUT2D eigenvalue weighted by Crippen LogP contribution is -2.24. The molecule has 1 rings (SSSR count). The number of amidine groups is 1. The number of amides is 1. The van der Waals surface area contributed by atoms with Gasteiger partial charge in [0.25, 0.3) is 0 Å². The fourth-order valence-corrected chi connectivity index (χ4v) is 2.22. The molecule has 0 bridgehead atoms. The van der Waals surface area contributed by atoms with Crippen molar-refractivity contribution in [2.45, 2.75) is 6.92 Å². The Labute approximate surface area is 123 Å². The van der Waals surface area contributed by atoms with E-state index in [1.165, 1.54) is 0 Å². The SMILES string of the molecule is Cc1cc(Br)ccc1NC(=O)CSC(=N)N=C(N)N. The van der Waals surface area contributed by atoms with E-state index in [-0.39, 0.29) is 22.8 Å². The molecule has 6 N–H and O–H groups in total. The number of guanidine groups is 1. The number of hydrogen-bond donors (Lipinski definition) is 4. The molecule has 0 unspecified atom stereocenters. The Morgan fingerprint density at radius 3 is 2.79 bits per heavy atom. The second-order valence-corrected chi connectivity index (χ2v) is 5.52. The average Bonchev–Trinajstić information content (AvgIpc) is 2.29. The van der Waals surface area contributed by atoms with Crippen molar-refractivity contribution in [3.63, 3.8) is 0 Å². The molecule has 0 aliphatic carbocycles. The second-order valence-electron chi connectivity index (χ2n) is 3.64. The van der Waals surface area contributed by atoms with Gasteiger partial charge in [-0.15, -0.1) is 0 Å². The van der Waals surface area contributed by atoms with E-state index in [0.29, 0.717) is 0 Å². The van der Waals surface area contributed by atoms with Crippen LogP contribution in [0.25, 0.3) is 0 Å². The number of hydrogen-bond acceptors (Lipinski definition) is 3. The highest BCUT2D eigenvalue weighted by Gasteiger charge is 2.07. The van der Waals surface area contributed by atoms with E-state index in [4.69, 9.17) is 16.9 Å². The Morgan fingerprint density at radius 2 is 2.21 bits per heavy atom. The fraction of sp³-hybridized carbons (Fsp3) is 0.182. The van der Waals surface area contributed by atoms with E-state index >= 15 is 0 Å². The molecule has 19 heavy (non-hydrogen) atoms. The summed E-state index contributed by atoms with van der Waals surface area (Å²) in [4.78, 5) is 15.2. The summed E-state index contributed by atoms with van der Waals surface area (Å²) in [6.07, 6.45) is 0. The van der Waals surface area contributed by atoms with Gasteiger partial charge in [-0.3, -0.25) is 10.2 Å². The van der Waals surface area contributed by atoms with Crippen molar-refractivity contribution in [3.8, 4) is 0 Å². The molecule has 0 heterocycles. The molecule has 0 fully saturated rings. The van der Waals surface area contributed by atoms with Crippen molar-refractivity contribution in [2.75, 3.05) is 11.1 Å². The van der Waals surface area contributed by atoms with Gasteiger partial charge in [0.05, 0.1) is 5.75 Å². The summed E-state index contributed by atoms with van der Waals surface area (Å²) in [5.74, 6) is -0.335. The zero-order valence-electron chi connectivity index (χ0n) is 10.2. The Hall–Kier alpha value is -1.54. The molecule has 0 aliphatic heterocycles. The number of carbonyl (C=O) groups excluding carboxylic acids is 1. The zero-order chi connectivity index (χ0) is 14.4. The van der Waals surface area contributed by atoms with Gasteiger partial charge >= 0.3 is 0 Å². The third kappa shape index (κ3) is 5.75. The Morgan fingerprint density at radius 1 is 1.53 bits per heavy atom. The molecular formula is C11H14BrN5OS. The summed E-state index contributed by atoms with van der Waals surface area (Å²) in [5.41, 5.74) is 11.9.